The molecule has 0 unspecified atom stereocenters. The van der Waals surface area contributed by atoms with Gasteiger partial charge in [0.1, 0.15) is 6.04 Å². The zero-order valence-corrected chi connectivity index (χ0v) is 23.6. The fourth-order valence-corrected chi connectivity index (χ4v) is 10.4. The van der Waals surface area contributed by atoms with Crippen molar-refractivity contribution < 1.29 is 19.1 Å². The summed E-state index contributed by atoms with van der Waals surface area (Å²) in [4.78, 5) is 17.5. The molecule has 0 aliphatic carbocycles. The van der Waals surface area contributed by atoms with Gasteiger partial charge in [0.2, 0.25) is 0 Å². The number of ether oxygens (including phenoxy) is 1. The van der Waals surface area contributed by atoms with Gasteiger partial charge in [0.05, 0.1) is 12.7 Å². The summed E-state index contributed by atoms with van der Waals surface area (Å²) >= 11 is 0. The van der Waals surface area contributed by atoms with Crippen LogP contribution in [0.4, 0.5) is 4.79 Å². The zero-order chi connectivity index (χ0) is 27.1. The molecule has 0 bridgehead atoms. The largest absolute Gasteiger partial charge is 0.438 e. The number of carbonyl (C=O) groups is 1. The highest BCUT2D eigenvalue weighted by Gasteiger charge is 2.59. The highest BCUT2D eigenvalue weighted by molar-refractivity contribution is 6.99. The Bertz CT molecular complexity index is 1030. The minimum Gasteiger partial charge on any atom is -0.438 e. The molecule has 9 heteroatoms. The smallest absolute Gasteiger partial charge is 0.410 e. The van der Waals surface area contributed by atoms with Crippen LogP contribution < -0.4 is 10.4 Å². The predicted molar refractivity (Wildman–Crippen MR) is 148 cm³/mol. The Morgan fingerprint density at radius 1 is 1.14 bits per heavy atom. The lowest BCUT2D eigenvalue weighted by atomic mass is 9.89. The Morgan fingerprint density at radius 2 is 1.70 bits per heavy atom. The molecule has 3 rings (SSSR count). The third-order valence-electron chi connectivity index (χ3n) is 7.47. The van der Waals surface area contributed by atoms with Crippen molar-refractivity contribution in [2.45, 2.75) is 76.7 Å². The molecule has 1 aliphatic heterocycles. The minimum atomic E-state index is -2.91. The van der Waals surface area contributed by atoms with Crippen molar-refractivity contribution in [2.75, 3.05) is 19.7 Å². The number of hydrogen-bond donors (Lipinski definition) is 1. The van der Waals surface area contributed by atoms with Gasteiger partial charge in [0, 0.05) is 18.0 Å². The van der Waals surface area contributed by atoms with Crippen LogP contribution in [0.3, 0.4) is 0 Å². The van der Waals surface area contributed by atoms with Crippen molar-refractivity contribution in [3.05, 3.63) is 71.1 Å². The third-order valence-corrected chi connectivity index (χ3v) is 12.5. The molecule has 0 spiro atoms. The van der Waals surface area contributed by atoms with Gasteiger partial charge in [-0.25, -0.2) is 4.79 Å². The molecule has 3 atom stereocenters. The summed E-state index contributed by atoms with van der Waals surface area (Å²) in [5, 5.41) is 16.1. The standard InChI is InChI=1S/C28H40N4O4Si/c1-6-25(28(5)24(21-33)32(26(34)35-28)20-14-13-19-30-31-29)36-37(27(2,3)4,22-15-9-7-10-16-22)23-17-11-8-12-18-23/h7-12,15-18,24-25,33H,6,13-14,19-21H2,1-5H3/t24-,25-,28+/m1/s1. The van der Waals surface area contributed by atoms with Gasteiger partial charge in [0.25, 0.3) is 8.32 Å². The van der Waals surface area contributed by atoms with Gasteiger partial charge >= 0.3 is 6.09 Å². The predicted octanol–water partition coefficient (Wildman–Crippen LogP) is 5.00. The molecule has 1 saturated heterocycles. The van der Waals surface area contributed by atoms with E-state index in [1.165, 1.54) is 0 Å². The second-order valence-electron chi connectivity index (χ2n) is 10.8. The lowest BCUT2D eigenvalue weighted by Gasteiger charge is -2.48. The molecule has 8 nitrogen and oxygen atoms in total. The van der Waals surface area contributed by atoms with E-state index in [9.17, 15) is 9.90 Å². The molecule has 0 aromatic heterocycles. The number of azide groups is 1. The van der Waals surface area contributed by atoms with Gasteiger partial charge in [0.15, 0.2) is 5.60 Å². The maximum atomic E-state index is 13.1. The molecule has 0 radical (unpaired) electrons. The van der Waals surface area contributed by atoms with Gasteiger partial charge in [-0.3, -0.25) is 4.90 Å². The van der Waals surface area contributed by atoms with E-state index in [1.807, 2.05) is 50.2 Å². The molecular weight excluding hydrogens is 484 g/mol. The normalized spacial score (nSPS) is 20.9. The number of aliphatic hydroxyl groups is 1. The molecule has 1 fully saturated rings. The summed E-state index contributed by atoms with van der Waals surface area (Å²) in [7, 11) is -2.91. The summed E-state index contributed by atoms with van der Waals surface area (Å²) in [5.41, 5.74) is 7.46. The van der Waals surface area contributed by atoms with E-state index in [1.54, 1.807) is 4.90 Å². The van der Waals surface area contributed by atoms with E-state index in [2.05, 4.69) is 55.1 Å². The zero-order valence-electron chi connectivity index (χ0n) is 22.6. The van der Waals surface area contributed by atoms with Crippen LogP contribution in [0.15, 0.2) is 65.8 Å². The quantitative estimate of drug-likeness (QED) is 0.138. The molecule has 37 heavy (non-hydrogen) atoms. The van der Waals surface area contributed by atoms with Crippen LogP contribution in [-0.2, 0) is 9.16 Å². The van der Waals surface area contributed by atoms with E-state index in [-0.39, 0.29) is 11.6 Å². The van der Waals surface area contributed by atoms with Crippen molar-refractivity contribution in [3.63, 3.8) is 0 Å². The van der Waals surface area contributed by atoms with Crippen LogP contribution in [-0.4, -0.2) is 61.9 Å². The first kappa shape index (κ1) is 28.7. The molecule has 1 N–H and O–H groups in total. The minimum absolute atomic E-state index is 0.237. The first-order chi connectivity index (χ1) is 17.7. The number of unbranched alkanes of at least 4 members (excludes halogenated alkanes) is 1. The highest BCUT2D eigenvalue weighted by atomic mass is 28.4. The molecule has 2 aromatic rings. The van der Waals surface area contributed by atoms with Crippen molar-refractivity contribution in [1.82, 2.24) is 4.90 Å². The van der Waals surface area contributed by atoms with E-state index in [0.717, 1.165) is 10.4 Å². The monoisotopic (exact) mass is 524 g/mol. The molecule has 1 amide bonds. The van der Waals surface area contributed by atoms with Gasteiger partial charge in [-0.15, -0.1) is 0 Å². The number of amides is 1. The number of hydrogen-bond acceptors (Lipinski definition) is 5. The fraction of sp³-hybridized carbons (Fsp3) is 0.536. The van der Waals surface area contributed by atoms with Gasteiger partial charge in [-0.05, 0) is 47.1 Å². The molecule has 2 aromatic carbocycles. The summed E-state index contributed by atoms with van der Waals surface area (Å²) < 4.78 is 13.4. The van der Waals surface area contributed by atoms with Gasteiger partial charge < -0.3 is 14.3 Å². The number of rotatable bonds is 12. The van der Waals surface area contributed by atoms with Crippen molar-refractivity contribution in [2.24, 2.45) is 5.11 Å². The Labute approximate surface area is 221 Å². The highest BCUT2D eigenvalue weighted by Crippen LogP contribution is 2.42. The van der Waals surface area contributed by atoms with Crippen molar-refractivity contribution in [1.29, 1.82) is 0 Å². The first-order valence-corrected chi connectivity index (χ1v) is 15.0. The second-order valence-corrected chi connectivity index (χ2v) is 15.0. The van der Waals surface area contributed by atoms with E-state index in [0.29, 0.717) is 32.4 Å². The lowest BCUT2D eigenvalue weighted by molar-refractivity contribution is -0.0621. The number of nitrogens with zero attached hydrogens (tertiary/aromatic N) is 4. The van der Waals surface area contributed by atoms with Crippen LogP contribution in [0.5, 0.6) is 0 Å². The molecule has 1 aliphatic rings. The molecule has 0 saturated carbocycles. The van der Waals surface area contributed by atoms with Crippen molar-refractivity contribution in [3.8, 4) is 0 Å². The Morgan fingerprint density at radius 3 is 2.16 bits per heavy atom. The summed E-state index contributed by atoms with van der Waals surface area (Å²) in [6.07, 6.45) is 1.00. The van der Waals surface area contributed by atoms with E-state index >= 15 is 0 Å². The second kappa shape index (κ2) is 12.1. The Kier molecular flexibility index (Phi) is 9.42. The molecule has 200 valence electrons. The number of cyclic esters (lactones) is 1. The van der Waals surface area contributed by atoms with Crippen LogP contribution in [0, 0.1) is 0 Å². The van der Waals surface area contributed by atoms with Crippen LogP contribution in [0.1, 0.15) is 53.9 Å². The number of aliphatic hydroxyl groups excluding tert-OH is 1. The summed E-state index contributed by atoms with van der Waals surface area (Å²) in [6, 6.07) is 20.2. The van der Waals surface area contributed by atoms with Crippen LogP contribution in [0.2, 0.25) is 5.04 Å². The van der Waals surface area contributed by atoms with Gasteiger partial charge in [-0.2, -0.15) is 0 Å². The maximum absolute atomic E-state index is 13.1. The fourth-order valence-electron chi connectivity index (χ4n) is 5.58. The SMILES string of the molecule is CC[C@@H](O[Si](c1ccccc1)(c1ccccc1)C(C)(C)C)[C@@]1(C)OC(=O)N(CCCCN=[N+]=[N-])[C@@H]1CO. The van der Waals surface area contributed by atoms with E-state index < -0.39 is 32.2 Å². The number of carbonyl (C=O) groups excluding carboxylic acids is 1. The molecule has 1 heterocycles. The van der Waals surface area contributed by atoms with Gasteiger partial charge in [-0.1, -0.05) is 93.5 Å². The topological polar surface area (TPSA) is 108 Å². The number of benzene rings is 2. The molecular formula is C28H40N4O4Si. The summed E-state index contributed by atoms with van der Waals surface area (Å²) in [5.74, 6) is 0. The van der Waals surface area contributed by atoms with Crippen molar-refractivity contribution >= 4 is 24.8 Å². The Hall–Kier alpha value is -2.84. The maximum Gasteiger partial charge on any atom is 0.410 e. The third kappa shape index (κ3) is 5.70. The summed E-state index contributed by atoms with van der Waals surface area (Å²) in [6.45, 7) is 11.1. The average Bonchev–Trinajstić information content (AvgIpc) is 3.14. The first-order valence-electron chi connectivity index (χ1n) is 13.1. The Balaban J connectivity index is 2.03. The van der Waals surface area contributed by atoms with Crippen LogP contribution >= 0.6 is 0 Å². The average molecular weight is 525 g/mol. The van der Waals surface area contributed by atoms with E-state index in [4.69, 9.17) is 14.7 Å². The lowest BCUT2D eigenvalue weighted by Crippen LogP contribution is -2.70. The van der Waals surface area contributed by atoms with Crippen LogP contribution in [0.25, 0.3) is 10.4 Å².